The van der Waals surface area contributed by atoms with Crippen molar-refractivity contribution < 1.29 is 4.79 Å². The van der Waals surface area contributed by atoms with Crippen LogP contribution in [-0.2, 0) is 10.2 Å². The minimum Gasteiger partial charge on any atom is -0.355 e. The highest BCUT2D eigenvalue weighted by atomic mass is 35.5. The van der Waals surface area contributed by atoms with Gasteiger partial charge in [0.15, 0.2) is 0 Å². The van der Waals surface area contributed by atoms with Crippen LogP contribution in [-0.4, -0.2) is 19.0 Å². The van der Waals surface area contributed by atoms with Gasteiger partial charge < -0.3 is 11.1 Å². The smallest absolute Gasteiger partial charge is 0.221 e. The van der Waals surface area contributed by atoms with Crippen molar-refractivity contribution in [3.63, 3.8) is 0 Å². The van der Waals surface area contributed by atoms with E-state index in [2.05, 4.69) is 5.32 Å². The fourth-order valence-electron chi connectivity index (χ4n) is 1.56. The van der Waals surface area contributed by atoms with E-state index in [0.717, 1.165) is 5.56 Å². The predicted octanol–water partition coefficient (Wildman–Crippen LogP) is 3.16. The lowest BCUT2D eigenvalue weighted by atomic mass is 9.84. The minimum atomic E-state index is -0.210. The van der Waals surface area contributed by atoms with E-state index < -0.39 is 0 Å². The van der Waals surface area contributed by atoms with Gasteiger partial charge in [-0.1, -0.05) is 43.1 Å². The van der Waals surface area contributed by atoms with Crippen LogP contribution in [0.15, 0.2) is 18.2 Å². The zero-order valence-electron chi connectivity index (χ0n) is 11.0. The first-order chi connectivity index (χ1) is 8.36. The second kappa shape index (κ2) is 7.95. The summed E-state index contributed by atoms with van der Waals surface area (Å²) >= 11 is 11.9. The number of amides is 1. The predicted molar refractivity (Wildman–Crippen MR) is 83.4 cm³/mol. The summed E-state index contributed by atoms with van der Waals surface area (Å²) in [6.45, 7) is 4.97. The number of halogens is 3. The summed E-state index contributed by atoms with van der Waals surface area (Å²) in [5.41, 5.74) is 6.15. The van der Waals surface area contributed by atoms with Gasteiger partial charge >= 0.3 is 0 Å². The van der Waals surface area contributed by atoms with Crippen LogP contribution in [0, 0.1) is 0 Å². The first-order valence-electron chi connectivity index (χ1n) is 5.79. The van der Waals surface area contributed by atoms with Crippen molar-refractivity contribution >= 4 is 41.5 Å². The molecular weight excluding hydrogens is 307 g/mol. The molecule has 0 saturated heterocycles. The second-order valence-corrected chi connectivity index (χ2v) is 5.64. The van der Waals surface area contributed by atoms with Crippen LogP contribution in [0.4, 0.5) is 0 Å². The molecule has 3 N–H and O–H groups in total. The van der Waals surface area contributed by atoms with Gasteiger partial charge in [-0.15, -0.1) is 12.4 Å². The Bertz CT molecular complexity index is 436. The van der Waals surface area contributed by atoms with E-state index in [0.29, 0.717) is 29.6 Å². The molecular formula is C13H19Cl3N2O. The first kappa shape index (κ1) is 18.5. The molecule has 1 aromatic carbocycles. The van der Waals surface area contributed by atoms with Crippen LogP contribution in [0.2, 0.25) is 10.0 Å². The van der Waals surface area contributed by atoms with Gasteiger partial charge in [0.1, 0.15) is 0 Å². The molecule has 0 bridgehead atoms. The molecule has 1 amide bonds. The Morgan fingerprint density at radius 3 is 2.47 bits per heavy atom. The standard InChI is InChI=1S/C13H18Cl2N2O.ClH/c1-13(2,8-17-12(18)5-6-16)9-3-4-10(14)11(15)7-9;/h3-4,7H,5-6,8,16H2,1-2H3,(H,17,18);1H. The van der Waals surface area contributed by atoms with Gasteiger partial charge in [0, 0.05) is 24.9 Å². The maximum Gasteiger partial charge on any atom is 0.221 e. The second-order valence-electron chi connectivity index (χ2n) is 4.83. The highest BCUT2D eigenvalue weighted by Gasteiger charge is 2.22. The van der Waals surface area contributed by atoms with E-state index in [1.807, 2.05) is 26.0 Å². The molecule has 0 aliphatic rings. The van der Waals surface area contributed by atoms with E-state index in [-0.39, 0.29) is 23.7 Å². The molecule has 0 unspecified atom stereocenters. The quantitative estimate of drug-likeness (QED) is 0.873. The Morgan fingerprint density at radius 1 is 1.32 bits per heavy atom. The maximum absolute atomic E-state index is 11.4. The molecule has 0 aromatic heterocycles. The van der Waals surface area contributed by atoms with Gasteiger partial charge in [-0.2, -0.15) is 0 Å². The zero-order chi connectivity index (χ0) is 13.8. The Labute approximate surface area is 130 Å². The third kappa shape index (κ3) is 5.57. The Balaban J connectivity index is 0.00000324. The maximum atomic E-state index is 11.4. The summed E-state index contributed by atoms with van der Waals surface area (Å²) in [5, 5.41) is 3.92. The van der Waals surface area contributed by atoms with Gasteiger partial charge in [-0.05, 0) is 17.7 Å². The van der Waals surface area contributed by atoms with Crippen molar-refractivity contribution in [2.24, 2.45) is 5.73 Å². The number of nitrogens with one attached hydrogen (secondary N) is 1. The van der Waals surface area contributed by atoms with Crippen LogP contribution in [0.5, 0.6) is 0 Å². The highest BCUT2D eigenvalue weighted by molar-refractivity contribution is 6.42. The van der Waals surface area contributed by atoms with Crippen molar-refractivity contribution in [2.75, 3.05) is 13.1 Å². The van der Waals surface area contributed by atoms with Crippen molar-refractivity contribution in [3.8, 4) is 0 Å². The average molecular weight is 326 g/mol. The number of nitrogens with two attached hydrogens (primary N) is 1. The molecule has 6 heteroatoms. The van der Waals surface area contributed by atoms with Crippen LogP contribution >= 0.6 is 35.6 Å². The Hall–Kier alpha value is -0.480. The van der Waals surface area contributed by atoms with Crippen LogP contribution in [0.25, 0.3) is 0 Å². The first-order valence-corrected chi connectivity index (χ1v) is 6.54. The SMILES string of the molecule is CC(C)(CNC(=O)CCN)c1ccc(Cl)c(Cl)c1.Cl. The fourth-order valence-corrected chi connectivity index (χ4v) is 1.86. The summed E-state index contributed by atoms with van der Waals surface area (Å²) in [6, 6.07) is 5.52. The van der Waals surface area contributed by atoms with Gasteiger partial charge in [0.25, 0.3) is 0 Å². The van der Waals surface area contributed by atoms with Crippen molar-refractivity contribution in [1.82, 2.24) is 5.32 Å². The monoisotopic (exact) mass is 324 g/mol. The summed E-state index contributed by atoms with van der Waals surface area (Å²) in [6.07, 6.45) is 0.345. The van der Waals surface area contributed by atoms with Crippen molar-refractivity contribution in [2.45, 2.75) is 25.7 Å². The van der Waals surface area contributed by atoms with Gasteiger partial charge in [-0.3, -0.25) is 4.79 Å². The van der Waals surface area contributed by atoms with Crippen molar-refractivity contribution in [3.05, 3.63) is 33.8 Å². The van der Waals surface area contributed by atoms with E-state index in [1.54, 1.807) is 6.07 Å². The normalized spacial score (nSPS) is 10.8. The number of benzene rings is 1. The molecule has 108 valence electrons. The number of carbonyl (C=O) groups is 1. The molecule has 1 rings (SSSR count). The summed E-state index contributed by atoms with van der Waals surface area (Å²) in [4.78, 5) is 11.4. The molecule has 0 spiro atoms. The van der Waals surface area contributed by atoms with Crippen LogP contribution in [0.1, 0.15) is 25.8 Å². The van der Waals surface area contributed by atoms with Crippen molar-refractivity contribution in [1.29, 1.82) is 0 Å². The molecule has 19 heavy (non-hydrogen) atoms. The van der Waals surface area contributed by atoms with Gasteiger partial charge in [0.05, 0.1) is 10.0 Å². The topological polar surface area (TPSA) is 55.1 Å². The molecule has 0 saturated carbocycles. The third-order valence-corrected chi connectivity index (χ3v) is 3.54. The molecule has 0 atom stereocenters. The fraction of sp³-hybridized carbons (Fsp3) is 0.462. The lowest BCUT2D eigenvalue weighted by Crippen LogP contribution is -2.37. The number of carbonyl (C=O) groups excluding carboxylic acids is 1. The van der Waals surface area contributed by atoms with Gasteiger partial charge in [0.2, 0.25) is 5.91 Å². The number of hydrogen-bond donors (Lipinski definition) is 2. The molecule has 3 nitrogen and oxygen atoms in total. The van der Waals surface area contributed by atoms with Gasteiger partial charge in [-0.25, -0.2) is 0 Å². The molecule has 0 heterocycles. The Morgan fingerprint density at radius 2 is 1.95 bits per heavy atom. The summed E-state index contributed by atoms with van der Waals surface area (Å²) in [7, 11) is 0. The third-order valence-electron chi connectivity index (χ3n) is 2.80. The summed E-state index contributed by atoms with van der Waals surface area (Å²) < 4.78 is 0. The molecule has 1 aromatic rings. The molecule has 0 radical (unpaired) electrons. The zero-order valence-corrected chi connectivity index (χ0v) is 13.3. The highest BCUT2D eigenvalue weighted by Crippen LogP contribution is 2.29. The largest absolute Gasteiger partial charge is 0.355 e. The van der Waals surface area contributed by atoms with E-state index in [9.17, 15) is 4.79 Å². The molecule has 0 aliphatic carbocycles. The van der Waals surface area contributed by atoms with Crippen LogP contribution in [0.3, 0.4) is 0 Å². The number of hydrogen-bond acceptors (Lipinski definition) is 2. The summed E-state index contributed by atoms with van der Waals surface area (Å²) in [5.74, 6) is -0.0364. The lowest BCUT2D eigenvalue weighted by molar-refractivity contribution is -0.121. The van der Waals surface area contributed by atoms with Crippen LogP contribution < -0.4 is 11.1 Å². The minimum absolute atomic E-state index is 0. The van der Waals surface area contributed by atoms with E-state index >= 15 is 0 Å². The average Bonchev–Trinajstić information content (AvgIpc) is 2.30. The number of rotatable bonds is 5. The molecule has 0 aliphatic heterocycles. The lowest BCUT2D eigenvalue weighted by Gasteiger charge is -2.26. The molecule has 0 fully saturated rings. The Kier molecular flexibility index (Phi) is 7.75. The van der Waals surface area contributed by atoms with E-state index in [1.165, 1.54) is 0 Å². The van der Waals surface area contributed by atoms with E-state index in [4.69, 9.17) is 28.9 Å².